The Morgan fingerprint density at radius 1 is 1.36 bits per heavy atom. The average molecular weight is 349 g/mol. The number of hydrogen-bond donors (Lipinski definition) is 0. The van der Waals surface area contributed by atoms with Crippen LogP contribution in [0.15, 0.2) is 29.1 Å². The molecule has 2 heterocycles. The van der Waals surface area contributed by atoms with Crippen LogP contribution in [0.4, 0.5) is 14.6 Å². The molecule has 0 fully saturated rings. The summed E-state index contributed by atoms with van der Waals surface area (Å²) in [6, 6.07) is 6.08. The van der Waals surface area contributed by atoms with Crippen molar-refractivity contribution >= 4 is 5.82 Å². The molecule has 3 rings (SSSR count). The van der Waals surface area contributed by atoms with Gasteiger partial charge in [-0.1, -0.05) is 12.1 Å². The van der Waals surface area contributed by atoms with Crippen molar-refractivity contribution in [1.82, 2.24) is 9.55 Å². The fraction of sp³-hybridized carbons (Fsp3) is 0.444. The normalized spacial score (nSPS) is 16.9. The standard InChI is InChI=1S/C18H21F2N3O2/c1-11(2)23-12(3)7-8-22-16(23)9-15(21-18(22)24)25-10-13-5-4-6-14(19)17(13)20/h4-6,9,11-12H,7-8,10H2,1-3H3/t12-/m0/s1. The van der Waals surface area contributed by atoms with Gasteiger partial charge in [0.1, 0.15) is 12.4 Å². The molecule has 1 aliphatic rings. The number of hydrogen-bond acceptors (Lipinski definition) is 4. The van der Waals surface area contributed by atoms with Crippen LogP contribution >= 0.6 is 0 Å². The van der Waals surface area contributed by atoms with E-state index in [2.05, 4.69) is 30.7 Å². The Labute approximate surface area is 144 Å². The maximum atomic E-state index is 13.7. The van der Waals surface area contributed by atoms with Gasteiger partial charge < -0.3 is 9.64 Å². The summed E-state index contributed by atoms with van der Waals surface area (Å²) < 4.78 is 34.1. The lowest BCUT2D eigenvalue weighted by Gasteiger charge is -2.40. The van der Waals surface area contributed by atoms with Crippen LogP contribution in [0.3, 0.4) is 0 Å². The first kappa shape index (κ1) is 17.4. The Morgan fingerprint density at radius 2 is 2.12 bits per heavy atom. The zero-order valence-electron chi connectivity index (χ0n) is 14.5. The molecule has 7 heteroatoms. The zero-order valence-corrected chi connectivity index (χ0v) is 14.5. The average Bonchev–Trinajstić information content (AvgIpc) is 2.55. The Hall–Kier alpha value is -2.44. The quantitative estimate of drug-likeness (QED) is 0.851. The first-order chi connectivity index (χ1) is 11.9. The van der Waals surface area contributed by atoms with E-state index in [9.17, 15) is 13.6 Å². The van der Waals surface area contributed by atoms with Crippen LogP contribution in [0.1, 0.15) is 32.8 Å². The number of rotatable bonds is 4. The minimum atomic E-state index is -0.949. The van der Waals surface area contributed by atoms with Crippen LogP contribution in [-0.4, -0.2) is 21.6 Å². The Kier molecular flexibility index (Phi) is 4.74. The number of ether oxygens (including phenoxy) is 1. The fourth-order valence-corrected chi connectivity index (χ4v) is 3.24. The van der Waals surface area contributed by atoms with E-state index in [0.29, 0.717) is 6.54 Å². The summed E-state index contributed by atoms with van der Waals surface area (Å²) in [6.07, 6.45) is 0.863. The molecule has 0 saturated heterocycles. The number of fused-ring (bicyclic) bond motifs is 1. The van der Waals surface area contributed by atoms with Crippen molar-refractivity contribution in [2.75, 3.05) is 4.90 Å². The van der Waals surface area contributed by atoms with Gasteiger partial charge in [0.05, 0.1) is 0 Å². The topological polar surface area (TPSA) is 47.4 Å². The molecule has 0 unspecified atom stereocenters. The number of anilines is 1. The van der Waals surface area contributed by atoms with Crippen molar-refractivity contribution in [2.24, 2.45) is 0 Å². The van der Waals surface area contributed by atoms with Crippen LogP contribution < -0.4 is 15.3 Å². The second kappa shape index (κ2) is 6.82. The molecule has 1 aliphatic heterocycles. The summed E-state index contributed by atoms with van der Waals surface area (Å²) in [5.74, 6) is -1.03. The van der Waals surface area contributed by atoms with Gasteiger partial charge in [0.25, 0.3) is 0 Å². The summed E-state index contributed by atoms with van der Waals surface area (Å²) in [6.45, 7) is 6.62. The van der Waals surface area contributed by atoms with Crippen molar-refractivity contribution < 1.29 is 13.5 Å². The van der Waals surface area contributed by atoms with Crippen molar-refractivity contribution in [2.45, 2.75) is 52.4 Å². The summed E-state index contributed by atoms with van der Waals surface area (Å²) >= 11 is 0. The summed E-state index contributed by atoms with van der Waals surface area (Å²) in [7, 11) is 0. The minimum absolute atomic E-state index is 0.0775. The Balaban J connectivity index is 1.90. The third-order valence-corrected chi connectivity index (χ3v) is 4.44. The second-order valence-electron chi connectivity index (χ2n) is 6.53. The van der Waals surface area contributed by atoms with Crippen molar-refractivity contribution in [3.05, 3.63) is 51.9 Å². The van der Waals surface area contributed by atoms with Crippen LogP contribution in [0.5, 0.6) is 5.88 Å². The maximum absolute atomic E-state index is 13.7. The van der Waals surface area contributed by atoms with Gasteiger partial charge in [-0.2, -0.15) is 4.98 Å². The van der Waals surface area contributed by atoms with Gasteiger partial charge in [-0.05, 0) is 33.3 Å². The molecule has 0 amide bonds. The van der Waals surface area contributed by atoms with Crippen LogP contribution in [-0.2, 0) is 13.2 Å². The highest BCUT2D eigenvalue weighted by molar-refractivity contribution is 5.45. The SMILES string of the molecule is CC(C)N1c2cc(OCc3cccc(F)c3F)nc(=O)n2CC[C@@H]1C. The van der Waals surface area contributed by atoms with Gasteiger partial charge in [0.15, 0.2) is 11.6 Å². The summed E-state index contributed by atoms with van der Waals surface area (Å²) in [4.78, 5) is 18.4. The van der Waals surface area contributed by atoms with E-state index in [4.69, 9.17) is 4.74 Å². The molecule has 1 atom stereocenters. The van der Waals surface area contributed by atoms with Crippen molar-refractivity contribution in [3.63, 3.8) is 0 Å². The predicted octanol–water partition coefficient (Wildman–Crippen LogP) is 3.11. The van der Waals surface area contributed by atoms with Gasteiger partial charge in [0, 0.05) is 30.3 Å². The molecule has 0 radical (unpaired) electrons. The van der Waals surface area contributed by atoms with Gasteiger partial charge in [-0.25, -0.2) is 13.6 Å². The van der Waals surface area contributed by atoms with Crippen molar-refractivity contribution in [1.29, 1.82) is 0 Å². The van der Waals surface area contributed by atoms with Gasteiger partial charge in [-0.3, -0.25) is 4.57 Å². The molecule has 134 valence electrons. The number of halogens is 2. The van der Waals surface area contributed by atoms with E-state index in [-0.39, 0.29) is 30.1 Å². The van der Waals surface area contributed by atoms with E-state index >= 15 is 0 Å². The molecule has 0 aliphatic carbocycles. The van der Waals surface area contributed by atoms with E-state index in [0.717, 1.165) is 18.3 Å². The molecule has 0 saturated carbocycles. The molecule has 25 heavy (non-hydrogen) atoms. The van der Waals surface area contributed by atoms with E-state index in [1.54, 1.807) is 10.6 Å². The predicted molar refractivity (Wildman–Crippen MR) is 90.9 cm³/mol. The molecule has 1 aromatic carbocycles. The Morgan fingerprint density at radius 3 is 2.84 bits per heavy atom. The number of nitrogens with zero attached hydrogens (tertiary/aromatic N) is 3. The summed E-state index contributed by atoms with van der Waals surface area (Å²) in [5, 5.41) is 0. The largest absolute Gasteiger partial charge is 0.472 e. The number of aromatic nitrogens is 2. The molecule has 2 aromatic rings. The smallest absolute Gasteiger partial charge is 0.352 e. The molecule has 0 spiro atoms. The second-order valence-corrected chi connectivity index (χ2v) is 6.53. The third-order valence-electron chi connectivity index (χ3n) is 4.44. The minimum Gasteiger partial charge on any atom is -0.472 e. The first-order valence-electron chi connectivity index (χ1n) is 8.34. The lowest BCUT2D eigenvalue weighted by atomic mass is 10.1. The van der Waals surface area contributed by atoms with E-state index < -0.39 is 17.3 Å². The van der Waals surface area contributed by atoms with Crippen LogP contribution in [0.25, 0.3) is 0 Å². The van der Waals surface area contributed by atoms with Gasteiger partial charge in [-0.15, -0.1) is 0 Å². The van der Waals surface area contributed by atoms with E-state index in [1.165, 1.54) is 12.1 Å². The monoisotopic (exact) mass is 349 g/mol. The highest BCUT2D eigenvalue weighted by Crippen LogP contribution is 2.28. The Bertz CT molecular complexity index is 836. The molecular formula is C18H21F2N3O2. The zero-order chi connectivity index (χ0) is 18.1. The molecular weight excluding hydrogens is 328 g/mol. The van der Waals surface area contributed by atoms with Crippen LogP contribution in [0, 0.1) is 11.6 Å². The lowest BCUT2D eigenvalue weighted by Crippen LogP contribution is -2.47. The van der Waals surface area contributed by atoms with Gasteiger partial charge >= 0.3 is 5.69 Å². The summed E-state index contributed by atoms with van der Waals surface area (Å²) in [5.41, 5.74) is -0.321. The highest BCUT2D eigenvalue weighted by atomic mass is 19.2. The van der Waals surface area contributed by atoms with Crippen molar-refractivity contribution in [3.8, 4) is 5.88 Å². The molecule has 0 N–H and O–H groups in total. The highest BCUT2D eigenvalue weighted by Gasteiger charge is 2.27. The fourth-order valence-electron chi connectivity index (χ4n) is 3.24. The van der Waals surface area contributed by atoms with Crippen LogP contribution in [0.2, 0.25) is 0 Å². The third kappa shape index (κ3) is 3.36. The first-order valence-corrected chi connectivity index (χ1v) is 8.34. The maximum Gasteiger partial charge on any atom is 0.352 e. The molecule has 5 nitrogen and oxygen atoms in total. The molecule has 0 bridgehead atoms. The number of benzene rings is 1. The van der Waals surface area contributed by atoms with E-state index in [1.807, 2.05) is 0 Å². The lowest BCUT2D eigenvalue weighted by molar-refractivity contribution is 0.281. The molecule has 1 aromatic heterocycles. The van der Waals surface area contributed by atoms with Gasteiger partial charge in [0.2, 0.25) is 5.88 Å².